The van der Waals surface area contributed by atoms with Gasteiger partial charge in [0.25, 0.3) is 0 Å². The van der Waals surface area contributed by atoms with E-state index < -0.39 is 0 Å². The largest absolute Gasteiger partial charge is 0.455 e. The fourth-order valence-corrected chi connectivity index (χ4v) is 10.7. The van der Waals surface area contributed by atoms with Gasteiger partial charge in [0.1, 0.15) is 22.3 Å². The summed E-state index contributed by atoms with van der Waals surface area (Å²) >= 11 is 0. The third-order valence-electron chi connectivity index (χ3n) is 13.8. The number of fused-ring (bicyclic) bond motifs is 11. The lowest BCUT2D eigenvalue weighted by Crippen LogP contribution is -2.11. The maximum Gasteiger partial charge on any atom is 0.143 e. The van der Waals surface area contributed by atoms with E-state index in [1.165, 1.54) is 21.8 Å². The Morgan fingerprint density at radius 3 is 1.53 bits per heavy atom. The fraction of sp³-hybridized carbons (Fsp3) is 0. The lowest BCUT2D eigenvalue weighted by Gasteiger charge is -2.28. The van der Waals surface area contributed by atoms with E-state index in [-0.39, 0.29) is 0 Å². The molecular weight excluding hydrogens is 829 g/mol. The molecular formula is C64H40N2O2. The first-order valence-corrected chi connectivity index (χ1v) is 23.2. The summed E-state index contributed by atoms with van der Waals surface area (Å²) in [6.07, 6.45) is 0. The monoisotopic (exact) mass is 868 g/mol. The van der Waals surface area contributed by atoms with Gasteiger partial charge in [0.2, 0.25) is 0 Å². The summed E-state index contributed by atoms with van der Waals surface area (Å²) < 4.78 is 15.9. The number of rotatable bonds is 7. The van der Waals surface area contributed by atoms with Crippen LogP contribution >= 0.6 is 0 Å². The van der Waals surface area contributed by atoms with Gasteiger partial charge in [-0.3, -0.25) is 0 Å². The fourth-order valence-electron chi connectivity index (χ4n) is 10.7. The summed E-state index contributed by atoms with van der Waals surface area (Å²) in [5.41, 5.74) is 16.7. The number of nitrogens with zero attached hydrogens (tertiary/aromatic N) is 2. The Kier molecular flexibility index (Phi) is 8.55. The molecule has 14 aromatic rings. The zero-order valence-corrected chi connectivity index (χ0v) is 36.8. The Balaban J connectivity index is 0.935. The first-order valence-electron chi connectivity index (χ1n) is 23.2. The van der Waals surface area contributed by atoms with Crippen LogP contribution in [0.15, 0.2) is 251 Å². The number of aromatic nitrogens is 1. The number of benzene rings is 11. The van der Waals surface area contributed by atoms with Crippen molar-refractivity contribution in [2.24, 2.45) is 0 Å². The summed E-state index contributed by atoms with van der Waals surface area (Å²) in [6, 6.07) is 86.8. The molecule has 4 heteroatoms. The number of hydrogen-bond acceptors (Lipinski definition) is 3. The molecule has 0 N–H and O–H groups in total. The Hall–Kier alpha value is -9.12. The van der Waals surface area contributed by atoms with Crippen LogP contribution < -0.4 is 4.90 Å². The zero-order valence-electron chi connectivity index (χ0n) is 36.8. The number of furan rings is 2. The van der Waals surface area contributed by atoms with E-state index in [0.29, 0.717) is 0 Å². The third kappa shape index (κ3) is 5.87. The van der Waals surface area contributed by atoms with Crippen LogP contribution in [0.25, 0.3) is 116 Å². The van der Waals surface area contributed by atoms with Gasteiger partial charge in [-0.05, 0) is 77.2 Å². The molecule has 0 bridgehead atoms. The molecule has 68 heavy (non-hydrogen) atoms. The molecule has 0 aliphatic rings. The van der Waals surface area contributed by atoms with Crippen LogP contribution in [0.3, 0.4) is 0 Å². The van der Waals surface area contributed by atoms with E-state index >= 15 is 0 Å². The molecule has 0 radical (unpaired) electrons. The summed E-state index contributed by atoms with van der Waals surface area (Å²) in [7, 11) is 0. The Morgan fingerprint density at radius 1 is 0.294 bits per heavy atom. The predicted molar refractivity (Wildman–Crippen MR) is 284 cm³/mol. The number of para-hydroxylation sites is 7. The molecule has 0 aliphatic carbocycles. The van der Waals surface area contributed by atoms with Crippen molar-refractivity contribution < 1.29 is 8.83 Å². The van der Waals surface area contributed by atoms with Gasteiger partial charge in [-0.2, -0.15) is 0 Å². The van der Waals surface area contributed by atoms with Gasteiger partial charge in [0.15, 0.2) is 0 Å². The molecule has 14 rings (SSSR count). The van der Waals surface area contributed by atoms with Gasteiger partial charge in [-0.25, -0.2) is 0 Å². The predicted octanol–water partition coefficient (Wildman–Crippen LogP) is 18.2. The Morgan fingerprint density at radius 2 is 0.794 bits per heavy atom. The second-order valence-corrected chi connectivity index (χ2v) is 17.6. The van der Waals surface area contributed by atoms with Crippen LogP contribution in [-0.4, -0.2) is 4.57 Å². The second-order valence-electron chi connectivity index (χ2n) is 17.6. The van der Waals surface area contributed by atoms with Gasteiger partial charge >= 0.3 is 0 Å². The average molecular weight is 869 g/mol. The second kappa shape index (κ2) is 15.2. The normalized spacial score (nSPS) is 11.8. The lowest BCUT2D eigenvalue weighted by atomic mass is 9.98. The first-order chi connectivity index (χ1) is 33.7. The van der Waals surface area contributed by atoms with Crippen LogP contribution in [0.5, 0.6) is 0 Å². The van der Waals surface area contributed by atoms with Gasteiger partial charge < -0.3 is 18.3 Å². The average Bonchev–Trinajstić information content (AvgIpc) is 4.10. The summed E-state index contributed by atoms with van der Waals surface area (Å²) in [4.78, 5) is 2.38. The molecule has 0 saturated carbocycles. The third-order valence-corrected chi connectivity index (χ3v) is 13.8. The van der Waals surface area contributed by atoms with Crippen molar-refractivity contribution in [2.75, 3.05) is 4.90 Å². The van der Waals surface area contributed by atoms with Crippen molar-refractivity contribution in [2.45, 2.75) is 0 Å². The van der Waals surface area contributed by atoms with Crippen molar-refractivity contribution in [1.29, 1.82) is 0 Å². The molecule has 0 fully saturated rings. The van der Waals surface area contributed by atoms with Crippen LogP contribution in [0, 0.1) is 0 Å². The minimum atomic E-state index is 0.873. The maximum atomic E-state index is 6.95. The number of hydrogen-bond donors (Lipinski definition) is 0. The van der Waals surface area contributed by atoms with Crippen LogP contribution in [0.4, 0.5) is 17.1 Å². The number of anilines is 3. The highest BCUT2D eigenvalue weighted by atomic mass is 16.3. The summed E-state index contributed by atoms with van der Waals surface area (Å²) in [5, 5.41) is 9.21. The SMILES string of the molecule is c1ccc(N(c2ccc(-c3ccccc3-n3c4ccccc4c4ccccc43)cc2)c2ccc(-c3cccc4c3oc3ccccc34)cc2)c(-c2cccc3c2oc2c4ccccc4ccc32)c1. The lowest BCUT2D eigenvalue weighted by molar-refractivity contribution is 0.670. The highest BCUT2D eigenvalue weighted by Crippen LogP contribution is 2.46. The maximum absolute atomic E-state index is 6.95. The molecule has 3 heterocycles. The van der Waals surface area contributed by atoms with Crippen LogP contribution in [0.2, 0.25) is 0 Å². The molecule has 318 valence electrons. The van der Waals surface area contributed by atoms with Crippen molar-refractivity contribution in [3.8, 4) is 39.1 Å². The quantitative estimate of drug-likeness (QED) is 0.160. The minimum Gasteiger partial charge on any atom is -0.455 e. The van der Waals surface area contributed by atoms with Crippen molar-refractivity contribution >= 4 is 93.5 Å². The first kappa shape index (κ1) is 38.2. The molecule has 11 aromatic carbocycles. The molecule has 0 amide bonds. The van der Waals surface area contributed by atoms with Crippen molar-refractivity contribution in [1.82, 2.24) is 4.57 Å². The van der Waals surface area contributed by atoms with Gasteiger partial charge in [-0.1, -0.05) is 182 Å². The highest BCUT2D eigenvalue weighted by Gasteiger charge is 2.22. The molecule has 4 nitrogen and oxygen atoms in total. The Labute approximate surface area is 391 Å². The van der Waals surface area contributed by atoms with Crippen LogP contribution in [0.1, 0.15) is 0 Å². The van der Waals surface area contributed by atoms with E-state index in [4.69, 9.17) is 8.83 Å². The molecule has 0 atom stereocenters. The summed E-state index contributed by atoms with van der Waals surface area (Å²) in [5.74, 6) is 0. The van der Waals surface area contributed by atoms with Crippen molar-refractivity contribution in [3.63, 3.8) is 0 Å². The molecule has 0 unspecified atom stereocenters. The Bertz CT molecular complexity index is 4210. The smallest absolute Gasteiger partial charge is 0.143 e. The van der Waals surface area contributed by atoms with Gasteiger partial charge in [0, 0.05) is 71.3 Å². The van der Waals surface area contributed by atoms with E-state index in [2.05, 4.69) is 240 Å². The topological polar surface area (TPSA) is 34.5 Å². The molecule has 0 aliphatic heterocycles. The van der Waals surface area contributed by atoms with Crippen molar-refractivity contribution in [3.05, 3.63) is 243 Å². The van der Waals surface area contributed by atoms with E-state index in [1.807, 2.05) is 12.1 Å². The van der Waals surface area contributed by atoms with E-state index in [0.717, 1.165) is 111 Å². The molecule has 0 spiro atoms. The van der Waals surface area contributed by atoms with Gasteiger partial charge in [-0.15, -0.1) is 0 Å². The minimum absolute atomic E-state index is 0.873. The van der Waals surface area contributed by atoms with E-state index in [1.54, 1.807) is 0 Å². The standard InChI is InChI=1S/C64H40N2O2/c1-2-17-47-41(15-1)35-40-56-55-25-14-23-53(64(55)68-63(47)56)51-20-6-9-27-58(51)65(45-38-33-43(34-39-45)48-22-13-24-54-52-21-7-12-30-61(52)67-62(48)54)44-36-31-42(32-37-44)46-16-3-8-26-57(46)66-59-28-10-4-18-49(59)50-19-5-11-29-60(50)66/h1-40H. The zero-order chi connectivity index (χ0) is 44.7. The van der Waals surface area contributed by atoms with Crippen LogP contribution in [-0.2, 0) is 0 Å². The molecule has 0 saturated heterocycles. The highest BCUT2D eigenvalue weighted by molar-refractivity contribution is 6.18. The van der Waals surface area contributed by atoms with E-state index in [9.17, 15) is 0 Å². The summed E-state index contributed by atoms with van der Waals surface area (Å²) in [6.45, 7) is 0. The van der Waals surface area contributed by atoms with Gasteiger partial charge in [0.05, 0.1) is 22.4 Å². The molecule has 3 aromatic heterocycles.